The maximum Gasteiger partial charge on any atom is 0.161 e. The Morgan fingerprint density at radius 1 is 1.29 bits per heavy atom. The van der Waals surface area contributed by atoms with Crippen molar-refractivity contribution in [3.8, 4) is 12.1 Å². The number of hydrogen-bond acceptors (Lipinski definition) is 4. The second-order valence-electron chi connectivity index (χ2n) is 4.95. The van der Waals surface area contributed by atoms with E-state index in [-0.39, 0.29) is 10.5 Å². The van der Waals surface area contributed by atoms with Gasteiger partial charge in [-0.05, 0) is 34.5 Å². The van der Waals surface area contributed by atoms with Gasteiger partial charge < -0.3 is 4.90 Å². The van der Waals surface area contributed by atoms with Crippen molar-refractivity contribution in [2.75, 3.05) is 31.1 Å². The second kappa shape index (κ2) is 6.89. The zero-order chi connectivity index (χ0) is 15.4. The van der Waals surface area contributed by atoms with E-state index in [4.69, 9.17) is 10.5 Å². The van der Waals surface area contributed by atoms with Crippen LogP contribution < -0.4 is 4.90 Å². The zero-order valence-corrected chi connectivity index (χ0v) is 13.4. The molecule has 0 aliphatic carbocycles. The first-order chi connectivity index (χ1) is 10.1. The number of nitrogens with zero attached hydrogens (tertiary/aromatic N) is 4. The third-order valence-corrected chi connectivity index (χ3v) is 4.59. The van der Waals surface area contributed by atoms with Crippen molar-refractivity contribution in [3.05, 3.63) is 28.0 Å². The molecule has 1 aliphatic rings. The third-order valence-electron chi connectivity index (χ3n) is 3.81. The van der Waals surface area contributed by atoms with Crippen molar-refractivity contribution in [1.29, 1.82) is 10.5 Å². The molecule has 0 N–H and O–H groups in total. The smallest absolute Gasteiger partial charge is 0.161 e. The second-order valence-corrected chi connectivity index (χ2v) is 5.74. The number of nitriles is 2. The zero-order valence-electron chi connectivity index (χ0n) is 11.8. The van der Waals surface area contributed by atoms with E-state index >= 15 is 0 Å². The topological polar surface area (TPSA) is 54.1 Å². The third kappa shape index (κ3) is 3.18. The van der Waals surface area contributed by atoms with Crippen molar-refractivity contribution in [1.82, 2.24) is 4.90 Å². The Morgan fingerprint density at radius 2 is 1.95 bits per heavy atom. The van der Waals surface area contributed by atoms with Gasteiger partial charge in [0.25, 0.3) is 0 Å². The summed E-state index contributed by atoms with van der Waals surface area (Å²) in [5, 5.41) is 18.0. The Hall–Kier alpha value is -1.63. The molecular formula is C15H16BrFN4. The van der Waals surface area contributed by atoms with Gasteiger partial charge in [-0.15, -0.1) is 0 Å². The summed E-state index contributed by atoms with van der Waals surface area (Å²) in [7, 11) is 0. The average molecular weight is 351 g/mol. The molecule has 110 valence electrons. The monoisotopic (exact) mass is 350 g/mol. The maximum atomic E-state index is 14.3. The highest BCUT2D eigenvalue weighted by Crippen LogP contribution is 2.30. The SMILES string of the molecule is CCC(C#N)N1CCN(c2ccc(C#N)c(Br)c2F)CC1. The van der Waals surface area contributed by atoms with E-state index < -0.39 is 5.82 Å². The fourth-order valence-corrected chi connectivity index (χ4v) is 3.00. The van der Waals surface area contributed by atoms with Gasteiger partial charge >= 0.3 is 0 Å². The normalized spacial score (nSPS) is 17.1. The lowest BCUT2D eigenvalue weighted by Crippen LogP contribution is -2.50. The number of piperazine rings is 1. The summed E-state index contributed by atoms with van der Waals surface area (Å²) in [6.45, 7) is 4.82. The number of benzene rings is 1. The van der Waals surface area contributed by atoms with E-state index in [1.54, 1.807) is 12.1 Å². The van der Waals surface area contributed by atoms with Gasteiger partial charge in [0, 0.05) is 26.2 Å². The van der Waals surface area contributed by atoms with Gasteiger partial charge in [-0.3, -0.25) is 4.90 Å². The number of anilines is 1. The summed E-state index contributed by atoms with van der Waals surface area (Å²) in [6.07, 6.45) is 0.799. The average Bonchev–Trinajstić information content (AvgIpc) is 2.52. The van der Waals surface area contributed by atoms with E-state index in [2.05, 4.69) is 26.9 Å². The molecule has 1 atom stereocenters. The van der Waals surface area contributed by atoms with E-state index in [0.717, 1.165) is 19.5 Å². The first-order valence-electron chi connectivity index (χ1n) is 6.89. The first kappa shape index (κ1) is 15.8. The number of halogens is 2. The van der Waals surface area contributed by atoms with Crippen LogP contribution in [0.1, 0.15) is 18.9 Å². The summed E-state index contributed by atoms with van der Waals surface area (Å²) < 4.78 is 14.5. The van der Waals surface area contributed by atoms with Crippen molar-refractivity contribution in [2.24, 2.45) is 0 Å². The van der Waals surface area contributed by atoms with Crippen molar-refractivity contribution < 1.29 is 4.39 Å². The molecule has 1 aromatic carbocycles. The summed E-state index contributed by atoms with van der Waals surface area (Å²) in [4.78, 5) is 4.09. The molecule has 1 aliphatic heterocycles. The molecule has 0 saturated carbocycles. The highest BCUT2D eigenvalue weighted by Gasteiger charge is 2.25. The van der Waals surface area contributed by atoms with Crippen LogP contribution in [0.2, 0.25) is 0 Å². The lowest BCUT2D eigenvalue weighted by atomic mass is 10.1. The maximum absolute atomic E-state index is 14.3. The molecule has 0 spiro atoms. The number of rotatable bonds is 3. The van der Waals surface area contributed by atoms with E-state index in [1.807, 2.05) is 17.9 Å². The Balaban J connectivity index is 2.12. The summed E-state index contributed by atoms with van der Waals surface area (Å²) >= 11 is 3.14. The van der Waals surface area contributed by atoms with Gasteiger partial charge in [-0.1, -0.05) is 6.92 Å². The van der Waals surface area contributed by atoms with Gasteiger partial charge in [0.1, 0.15) is 6.07 Å². The molecular weight excluding hydrogens is 335 g/mol. The lowest BCUT2D eigenvalue weighted by molar-refractivity contribution is 0.216. The lowest BCUT2D eigenvalue weighted by Gasteiger charge is -2.38. The molecule has 4 nitrogen and oxygen atoms in total. The summed E-state index contributed by atoms with van der Waals surface area (Å²) in [6, 6.07) is 7.46. The van der Waals surface area contributed by atoms with E-state index in [9.17, 15) is 4.39 Å². The fourth-order valence-electron chi connectivity index (χ4n) is 2.58. The molecule has 0 amide bonds. The molecule has 1 saturated heterocycles. The van der Waals surface area contributed by atoms with Crippen LogP contribution >= 0.6 is 15.9 Å². The minimum atomic E-state index is -0.394. The van der Waals surface area contributed by atoms with E-state index in [1.165, 1.54) is 0 Å². The van der Waals surface area contributed by atoms with Gasteiger partial charge in [0.2, 0.25) is 0 Å². The van der Waals surface area contributed by atoms with Crippen molar-refractivity contribution in [2.45, 2.75) is 19.4 Å². The standard InChI is InChI=1S/C15H16BrFN4/c1-2-12(10-19)20-5-7-21(8-6-20)13-4-3-11(9-18)14(16)15(13)17/h3-4,12H,2,5-8H2,1H3. The predicted octanol–water partition coefficient (Wildman–Crippen LogP) is 2.88. The molecule has 0 bridgehead atoms. The largest absolute Gasteiger partial charge is 0.367 e. The minimum Gasteiger partial charge on any atom is -0.367 e. The van der Waals surface area contributed by atoms with Crippen LogP contribution in [0.4, 0.5) is 10.1 Å². The Bertz CT molecular complexity index is 597. The van der Waals surface area contributed by atoms with Crippen molar-refractivity contribution >= 4 is 21.6 Å². The molecule has 6 heteroatoms. The molecule has 21 heavy (non-hydrogen) atoms. The first-order valence-corrected chi connectivity index (χ1v) is 7.68. The molecule has 1 unspecified atom stereocenters. The van der Waals surface area contributed by atoms with Crippen molar-refractivity contribution in [3.63, 3.8) is 0 Å². The van der Waals surface area contributed by atoms with Gasteiger partial charge in [-0.2, -0.15) is 10.5 Å². The van der Waals surface area contributed by atoms with E-state index in [0.29, 0.717) is 24.3 Å². The van der Waals surface area contributed by atoms with Crippen LogP contribution in [-0.2, 0) is 0 Å². The molecule has 1 heterocycles. The quantitative estimate of drug-likeness (QED) is 0.840. The Morgan fingerprint density at radius 3 is 2.48 bits per heavy atom. The number of hydrogen-bond donors (Lipinski definition) is 0. The van der Waals surface area contributed by atoms with Crippen LogP contribution in [0.3, 0.4) is 0 Å². The van der Waals surface area contributed by atoms with Gasteiger partial charge in [0.15, 0.2) is 5.82 Å². The Labute approximate surface area is 132 Å². The molecule has 0 radical (unpaired) electrons. The molecule has 1 aromatic rings. The van der Waals surface area contributed by atoms with Crippen LogP contribution in [0.25, 0.3) is 0 Å². The summed E-state index contributed by atoms with van der Waals surface area (Å²) in [5.41, 5.74) is 0.802. The van der Waals surface area contributed by atoms with Crippen LogP contribution in [-0.4, -0.2) is 37.1 Å². The fraction of sp³-hybridized carbons (Fsp3) is 0.467. The van der Waals surface area contributed by atoms with Gasteiger partial charge in [-0.25, -0.2) is 4.39 Å². The highest BCUT2D eigenvalue weighted by atomic mass is 79.9. The minimum absolute atomic E-state index is 0.0651. The van der Waals surface area contributed by atoms with Crippen LogP contribution in [0.5, 0.6) is 0 Å². The van der Waals surface area contributed by atoms with Crippen LogP contribution in [0, 0.1) is 28.5 Å². The van der Waals surface area contributed by atoms with Gasteiger partial charge in [0.05, 0.1) is 27.8 Å². The summed E-state index contributed by atoms with van der Waals surface area (Å²) in [5.74, 6) is -0.394. The highest BCUT2D eigenvalue weighted by molar-refractivity contribution is 9.10. The molecule has 1 fully saturated rings. The molecule has 0 aromatic heterocycles. The van der Waals surface area contributed by atoms with Crippen LogP contribution in [0.15, 0.2) is 16.6 Å². The predicted molar refractivity (Wildman–Crippen MR) is 82.3 cm³/mol. The molecule has 2 rings (SSSR count). The Kier molecular flexibility index (Phi) is 5.17.